The van der Waals surface area contributed by atoms with Gasteiger partial charge >= 0.3 is 0 Å². The number of likely N-dealkylation sites (tertiary alicyclic amines) is 2. The molecule has 4 aromatic heterocycles. The average Bonchev–Trinajstić information content (AvgIpc) is 4.02. The molecule has 57 heavy (non-hydrogen) atoms. The summed E-state index contributed by atoms with van der Waals surface area (Å²) in [5.41, 5.74) is 12.2. The molecule has 0 aromatic carbocycles. The van der Waals surface area contributed by atoms with E-state index < -0.39 is 0 Å². The highest BCUT2D eigenvalue weighted by Crippen LogP contribution is 2.37. The minimum atomic E-state index is 0.00752. The molecule has 6 heterocycles. The van der Waals surface area contributed by atoms with E-state index in [1.165, 1.54) is 42.8 Å². The Kier molecular flexibility index (Phi) is 12.8. The van der Waals surface area contributed by atoms with Crippen LogP contribution in [0.3, 0.4) is 0 Å². The van der Waals surface area contributed by atoms with E-state index in [2.05, 4.69) is 38.6 Å². The monoisotopic (exact) mass is 777 g/mol. The number of aryl methyl sites for hydroxylation is 2. The second-order valence-corrected chi connectivity index (χ2v) is 16.2. The van der Waals surface area contributed by atoms with Gasteiger partial charge in [-0.15, -0.1) is 0 Å². The van der Waals surface area contributed by atoms with Gasteiger partial charge in [-0.05, 0) is 120 Å². The van der Waals surface area contributed by atoms with Gasteiger partial charge in [0.15, 0.2) is 0 Å². The van der Waals surface area contributed by atoms with Crippen LogP contribution in [0.15, 0.2) is 12.1 Å². The molecule has 4 aromatic rings. The quantitative estimate of drug-likeness (QED) is 0.108. The number of hydrogen-bond donors (Lipinski definition) is 2. The normalized spacial score (nSPS) is 18.8. The largest absolute Gasteiger partial charge is 0.481 e. The minimum absolute atomic E-state index is 0.00752. The van der Waals surface area contributed by atoms with E-state index in [-0.39, 0.29) is 6.04 Å². The second-order valence-electron chi connectivity index (χ2n) is 16.2. The van der Waals surface area contributed by atoms with Crippen LogP contribution in [-0.2, 0) is 48.4 Å². The van der Waals surface area contributed by atoms with E-state index in [0.717, 1.165) is 134 Å². The first kappa shape index (κ1) is 39.5. The van der Waals surface area contributed by atoms with E-state index in [1.54, 1.807) is 14.2 Å². The molecule has 0 radical (unpaired) electrons. The van der Waals surface area contributed by atoms with Crippen LogP contribution in [0.1, 0.15) is 91.9 Å². The molecule has 0 bridgehead atoms. The summed E-state index contributed by atoms with van der Waals surface area (Å²) in [6.07, 6.45) is 12.6. The lowest BCUT2D eigenvalue weighted by molar-refractivity contribution is 0.0886. The lowest BCUT2D eigenvalue weighted by Crippen LogP contribution is -2.37. The molecule has 2 aliphatic heterocycles. The number of aromatic nitrogens is 4. The summed E-state index contributed by atoms with van der Waals surface area (Å²) in [4.78, 5) is 25.2. The van der Waals surface area contributed by atoms with E-state index in [9.17, 15) is 5.26 Å². The minimum Gasteiger partial charge on any atom is -0.481 e. The van der Waals surface area contributed by atoms with Crippen molar-refractivity contribution in [2.45, 2.75) is 109 Å². The lowest BCUT2D eigenvalue weighted by Gasteiger charge is -2.27. The van der Waals surface area contributed by atoms with Crippen molar-refractivity contribution in [3.8, 4) is 17.8 Å². The van der Waals surface area contributed by atoms with E-state index in [1.807, 2.05) is 6.92 Å². The summed E-state index contributed by atoms with van der Waals surface area (Å²) >= 11 is 0. The summed E-state index contributed by atoms with van der Waals surface area (Å²) < 4.78 is 24.1. The van der Waals surface area contributed by atoms with Crippen LogP contribution in [-0.4, -0.2) is 109 Å². The van der Waals surface area contributed by atoms with Crippen molar-refractivity contribution < 1.29 is 18.9 Å². The Hall–Kier alpha value is -4.35. The molecular formula is C44H59N9O4. The highest BCUT2D eigenvalue weighted by atomic mass is 16.5. The van der Waals surface area contributed by atoms with Crippen LogP contribution < -0.4 is 20.1 Å². The number of nitrogens with one attached hydrogen (secondary N) is 2. The Bertz CT molecular complexity index is 2080. The molecule has 1 unspecified atom stereocenters. The van der Waals surface area contributed by atoms with Gasteiger partial charge in [0.1, 0.15) is 11.0 Å². The van der Waals surface area contributed by atoms with E-state index in [0.29, 0.717) is 50.7 Å². The Morgan fingerprint density at radius 3 is 2.05 bits per heavy atom. The number of hydrogen-bond acceptors (Lipinski definition) is 13. The molecule has 4 aliphatic rings. The third-order valence-electron chi connectivity index (χ3n) is 12.3. The molecule has 2 fully saturated rings. The second kappa shape index (κ2) is 18.5. The summed E-state index contributed by atoms with van der Waals surface area (Å²) in [5.74, 6) is 1.17. The predicted molar refractivity (Wildman–Crippen MR) is 222 cm³/mol. The molecule has 13 nitrogen and oxygen atoms in total. The van der Waals surface area contributed by atoms with Crippen LogP contribution in [0.25, 0.3) is 22.1 Å². The van der Waals surface area contributed by atoms with Gasteiger partial charge in [0.2, 0.25) is 11.8 Å². The van der Waals surface area contributed by atoms with Gasteiger partial charge in [-0.3, -0.25) is 14.9 Å². The van der Waals surface area contributed by atoms with Gasteiger partial charge in [0.25, 0.3) is 0 Å². The van der Waals surface area contributed by atoms with Crippen molar-refractivity contribution in [3.63, 3.8) is 0 Å². The van der Waals surface area contributed by atoms with Crippen molar-refractivity contribution in [1.29, 1.82) is 5.26 Å². The van der Waals surface area contributed by atoms with Crippen molar-refractivity contribution in [2.75, 3.05) is 77.3 Å². The summed E-state index contributed by atoms with van der Waals surface area (Å²) in [7, 11) is 3.35. The van der Waals surface area contributed by atoms with Crippen LogP contribution >= 0.6 is 0 Å². The van der Waals surface area contributed by atoms with E-state index in [4.69, 9.17) is 38.9 Å². The van der Waals surface area contributed by atoms with Crippen molar-refractivity contribution in [1.82, 2.24) is 29.7 Å². The summed E-state index contributed by atoms with van der Waals surface area (Å²) in [5, 5.41) is 16.7. The number of methoxy groups -OCH3 is 2. The molecule has 0 spiro atoms. The Balaban J connectivity index is 0.917. The van der Waals surface area contributed by atoms with E-state index >= 15 is 0 Å². The molecule has 0 saturated carbocycles. The number of nitriles is 1. The first-order chi connectivity index (χ1) is 28.0. The molecule has 2 N–H and O–H groups in total. The van der Waals surface area contributed by atoms with Gasteiger partial charge in [-0.25, -0.2) is 9.97 Å². The highest BCUT2D eigenvalue weighted by Gasteiger charge is 2.27. The number of nitrogens with zero attached hydrogens (tertiary/aromatic N) is 7. The molecule has 2 saturated heterocycles. The van der Waals surface area contributed by atoms with Crippen molar-refractivity contribution in [2.24, 2.45) is 0 Å². The zero-order valence-electron chi connectivity index (χ0n) is 34.1. The fraction of sp³-hybridized carbons (Fsp3) is 0.614. The predicted octanol–water partition coefficient (Wildman–Crippen LogP) is 6.38. The Morgan fingerprint density at radius 2 is 1.37 bits per heavy atom. The Labute approximate surface area is 336 Å². The number of fused-ring (bicyclic) bond motifs is 4. The zero-order chi connectivity index (χ0) is 39.1. The molecule has 13 heteroatoms. The first-order valence-corrected chi connectivity index (χ1v) is 21.3. The van der Waals surface area contributed by atoms with Crippen LogP contribution in [0, 0.1) is 11.3 Å². The van der Waals surface area contributed by atoms with Crippen LogP contribution in [0.5, 0.6) is 11.8 Å². The summed E-state index contributed by atoms with van der Waals surface area (Å²) in [6, 6.07) is 6.87. The van der Waals surface area contributed by atoms with Gasteiger partial charge in [0, 0.05) is 54.2 Å². The molecular weight excluding hydrogens is 719 g/mol. The fourth-order valence-corrected chi connectivity index (χ4v) is 9.30. The standard InChI is InChI=1S/C44H59N9O4/c1-29(15-16-45)47-40-34-12-8-14-36(34)49-38-25-31(44(55-3)51-42(38)40)28-57-23-21-53-19-9-10-32(53)26-46-39-33-11-4-5-13-35(33)48-37-24-30(43(54-2)50-41(37)39)27-56-22-20-52-17-6-7-18-52/h24-25,29,32H,4-15,17-23,26-28H2,1-3H3,(H,46,48)(H,47,49)/t29-,32?/m1/s1. The molecule has 0 amide bonds. The van der Waals surface area contributed by atoms with Crippen LogP contribution in [0.2, 0.25) is 0 Å². The van der Waals surface area contributed by atoms with Gasteiger partial charge in [-0.1, -0.05) is 0 Å². The maximum absolute atomic E-state index is 9.28. The maximum Gasteiger partial charge on any atom is 0.219 e. The zero-order valence-corrected chi connectivity index (χ0v) is 34.1. The smallest absolute Gasteiger partial charge is 0.219 e. The fourth-order valence-electron chi connectivity index (χ4n) is 9.30. The third-order valence-corrected chi connectivity index (χ3v) is 12.3. The molecule has 8 rings (SSSR count). The number of anilines is 2. The van der Waals surface area contributed by atoms with Gasteiger partial charge in [-0.2, -0.15) is 5.26 Å². The maximum atomic E-state index is 9.28. The topological polar surface area (TPSA) is 143 Å². The van der Waals surface area contributed by atoms with Crippen LogP contribution in [0.4, 0.5) is 11.4 Å². The number of ether oxygens (including phenoxy) is 4. The molecule has 2 aliphatic carbocycles. The number of pyridine rings is 4. The lowest BCUT2D eigenvalue weighted by atomic mass is 9.93. The van der Waals surface area contributed by atoms with Crippen molar-refractivity contribution in [3.05, 3.63) is 45.8 Å². The van der Waals surface area contributed by atoms with Gasteiger partial charge in [0.05, 0.1) is 75.5 Å². The average molecular weight is 778 g/mol. The highest BCUT2D eigenvalue weighted by molar-refractivity contribution is 5.92. The Morgan fingerprint density at radius 1 is 0.754 bits per heavy atom. The number of rotatable bonds is 18. The third kappa shape index (κ3) is 8.89. The van der Waals surface area contributed by atoms with Gasteiger partial charge < -0.3 is 34.5 Å². The SMILES string of the molecule is COc1nc2c(NCC3CCCN3CCOCc3cc4nc5c(c(N[C@H](C)CC#N)c4nc3OC)CCC5)c3c(nc2cc1COCCN1CCCC1)CCCC3. The molecule has 304 valence electrons. The van der Waals surface area contributed by atoms with Crippen molar-refractivity contribution >= 4 is 33.4 Å². The molecule has 2 atom stereocenters. The first-order valence-electron chi connectivity index (χ1n) is 21.3. The summed E-state index contributed by atoms with van der Waals surface area (Å²) in [6.45, 7) is 10.2.